The molecular weight excluding hydrogens is 248 g/mol. The van der Waals surface area contributed by atoms with Gasteiger partial charge < -0.3 is 10.5 Å². The van der Waals surface area contributed by atoms with Gasteiger partial charge in [-0.1, -0.05) is 11.6 Å². The molecule has 4 heteroatoms. The second-order valence-electron chi connectivity index (χ2n) is 3.88. The van der Waals surface area contributed by atoms with E-state index in [4.69, 9.17) is 27.3 Å². The van der Waals surface area contributed by atoms with Crippen molar-refractivity contribution in [1.82, 2.24) is 0 Å². The molecule has 0 aliphatic rings. The van der Waals surface area contributed by atoms with E-state index < -0.39 is 0 Å². The summed E-state index contributed by atoms with van der Waals surface area (Å²) in [5, 5.41) is 9.16. The lowest BCUT2D eigenvalue weighted by molar-refractivity contribution is 0.479. The van der Waals surface area contributed by atoms with Crippen molar-refractivity contribution in [1.29, 1.82) is 5.26 Å². The van der Waals surface area contributed by atoms with E-state index in [1.54, 1.807) is 30.3 Å². The van der Waals surface area contributed by atoms with Gasteiger partial charge >= 0.3 is 0 Å². The van der Waals surface area contributed by atoms with Gasteiger partial charge in [0.2, 0.25) is 0 Å². The minimum atomic E-state index is 0.408. The number of halogens is 1. The van der Waals surface area contributed by atoms with E-state index in [2.05, 4.69) is 0 Å². The van der Waals surface area contributed by atoms with Gasteiger partial charge in [0, 0.05) is 5.69 Å². The highest BCUT2D eigenvalue weighted by Crippen LogP contribution is 2.32. The van der Waals surface area contributed by atoms with Crippen molar-refractivity contribution >= 4 is 17.3 Å². The van der Waals surface area contributed by atoms with Gasteiger partial charge in [-0.25, -0.2) is 0 Å². The second-order valence-corrected chi connectivity index (χ2v) is 4.29. The minimum absolute atomic E-state index is 0.408. The Balaban J connectivity index is 2.32. The molecule has 0 saturated carbocycles. The van der Waals surface area contributed by atoms with Crippen LogP contribution in [-0.4, -0.2) is 0 Å². The molecule has 0 bridgehead atoms. The van der Waals surface area contributed by atoms with Gasteiger partial charge in [0.15, 0.2) is 0 Å². The number of hydrogen-bond donors (Lipinski definition) is 1. The molecule has 0 radical (unpaired) electrons. The molecule has 0 fully saturated rings. The second kappa shape index (κ2) is 4.99. The lowest BCUT2D eigenvalue weighted by atomic mass is 10.2. The molecule has 0 amide bonds. The summed E-state index contributed by atoms with van der Waals surface area (Å²) in [6.07, 6.45) is 0. The Kier molecular flexibility index (Phi) is 3.40. The fourth-order valence-electron chi connectivity index (χ4n) is 1.56. The quantitative estimate of drug-likeness (QED) is 0.831. The normalized spacial score (nSPS) is 9.83. The van der Waals surface area contributed by atoms with Gasteiger partial charge in [-0.3, -0.25) is 0 Å². The fourth-order valence-corrected chi connectivity index (χ4v) is 1.78. The Morgan fingerprint density at radius 3 is 2.50 bits per heavy atom. The van der Waals surface area contributed by atoms with Crippen molar-refractivity contribution in [2.45, 2.75) is 6.92 Å². The van der Waals surface area contributed by atoms with Crippen LogP contribution >= 0.6 is 11.6 Å². The zero-order valence-electron chi connectivity index (χ0n) is 9.77. The van der Waals surface area contributed by atoms with Gasteiger partial charge in [0.1, 0.15) is 11.5 Å². The number of aryl methyl sites for hydroxylation is 1. The molecule has 0 heterocycles. The van der Waals surface area contributed by atoms with Crippen LogP contribution in [0.3, 0.4) is 0 Å². The van der Waals surface area contributed by atoms with E-state index in [0.717, 1.165) is 5.56 Å². The molecular formula is C14H11ClN2O. The van der Waals surface area contributed by atoms with E-state index in [1.165, 1.54) is 0 Å². The van der Waals surface area contributed by atoms with Crippen molar-refractivity contribution in [2.24, 2.45) is 0 Å². The number of benzene rings is 2. The molecule has 2 aromatic carbocycles. The smallest absolute Gasteiger partial charge is 0.146 e. The third-order valence-electron chi connectivity index (χ3n) is 2.48. The molecule has 90 valence electrons. The van der Waals surface area contributed by atoms with Crippen molar-refractivity contribution in [3.05, 3.63) is 52.5 Å². The summed E-state index contributed by atoms with van der Waals surface area (Å²) >= 11 is 6.04. The van der Waals surface area contributed by atoms with Crippen LogP contribution < -0.4 is 10.5 Å². The third-order valence-corrected chi connectivity index (χ3v) is 2.78. The molecule has 0 saturated heterocycles. The molecule has 2 N–H and O–H groups in total. The van der Waals surface area contributed by atoms with E-state index in [9.17, 15) is 0 Å². The highest BCUT2D eigenvalue weighted by molar-refractivity contribution is 6.32. The largest absolute Gasteiger partial charge is 0.456 e. The average molecular weight is 259 g/mol. The highest BCUT2D eigenvalue weighted by Gasteiger charge is 2.06. The van der Waals surface area contributed by atoms with E-state index in [0.29, 0.717) is 27.8 Å². The zero-order chi connectivity index (χ0) is 13.1. The number of nitrogens with zero attached hydrogens (tertiary/aromatic N) is 1. The first-order valence-corrected chi connectivity index (χ1v) is 5.71. The van der Waals surface area contributed by atoms with E-state index >= 15 is 0 Å². The minimum Gasteiger partial charge on any atom is -0.456 e. The molecule has 2 rings (SSSR count). The summed E-state index contributed by atoms with van der Waals surface area (Å²) in [4.78, 5) is 0. The number of ether oxygens (including phenoxy) is 1. The lowest BCUT2D eigenvalue weighted by Crippen LogP contribution is -1.91. The predicted molar refractivity (Wildman–Crippen MR) is 71.8 cm³/mol. The topological polar surface area (TPSA) is 59.0 Å². The van der Waals surface area contributed by atoms with E-state index in [-0.39, 0.29) is 0 Å². The maximum absolute atomic E-state index is 8.75. The van der Waals surface area contributed by atoms with Crippen molar-refractivity contribution in [3.8, 4) is 17.6 Å². The van der Waals surface area contributed by atoms with Crippen LogP contribution in [0.1, 0.15) is 11.1 Å². The summed E-state index contributed by atoms with van der Waals surface area (Å²) in [7, 11) is 0. The summed E-state index contributed by atoms with van der Waals surface area (Å²) in [5.41, 5.74) is 7.78. The predicted octanol–water partition coefficient (Wildman–Crippen LogP) is 3.89. The molecule has 0 aliphatic heterocycles. The monoisotopic (exact) mass is 258 g/mol. The van der Waals surface area contributed by atoms with Crippen LogP contribution in [0, 0.1) is 18.3 Å². The van der Waals surface area contributed by atoms with Crippen LogP contribution in [0.15, 0.2) is 36.4 Å². The van der Waals surface area contributed by atoms with Gasteiger partial charge in [-0.2, -0.15) is 5.26 Å². The van der Waals surface area contributed by atoms with Crippen LogP contribution in [0.4, 0.5) is 5.69 Å². The molecule has 18 heavy (non-hydrogen) atoms. The SMILES string of the molecule is Cc1cc(N)ccc1Oc1ccc(C#N)cc1Cl. The van der Waals surface area contributed by atoms with Crippen molar-refractivity contribution in [3.63, 3.8) is 0 Å². The zero-order valence-corrected chi connectivity index (χ0v) is 10.5. The summed E-state index contributed by atoms with van der Waals surface area (Å²) in [5.74, 6) is 1.21. The molecule has 0 spiro atoms. The molecule has 0 aromatic heterocycles. The highest BCUT2D eigenvalue weighted by atomic mass is 35.5. The van der Waals surface area contributed by atoms with Gasteiger partial charge in [-0.05, 0) is 48.9 Å². The Hall–Kier alpha value is -2.18. The van der Waals surface area contributed by atoms with Gasteiger partial charge in [0.25, 0.3) is 0 Å². The number of nitriles is 1. The Labute approximate surface area is 110 Å². The summed E-state index contributed by atoms with van der Waals surface area (Å²) in [6, 6.07) is 12.3. The maximum Gasteiger partial charge on any atom is 0.146 e. The van der Waals surface area contributed by atoms with Gasteiger partial charge in [0.05, 0.1) is 16.7 Å². The number of nitrogen functional groups attached to an aromatic ring is 1. The summed E-state index contributed by atoms with van der Waals surface area (Å²) in [6.45, 7) is 1.91. The maximum atomic E-state index is 8.75. The van der Waals surface area contributed by atoms with Crippen LogP contribution in [0.2, 0.25) is 5.02 Å². The van der Waals surface area contributed by atoms with Crippen molar-refractivity contribution in [2.75, 3.05) is 5.73 Å². The van der Waals surface area contributed by atoms with E-state index in [1.807, 2.05) is 19.1 Å². The third kappa shape index (κ3) is 2.55. The molecule has 3 nitrogen and oxygen atoms in total. The number of anilines is 1. The number of hydrogen-bond acceptors (Lipinski definition) is 3. The van der Waals surface area contributed by atoms with Crippen LogP contribution in [0.5, 0.6) is 11.5 Å². The van der Waals surface area contributed by atoms with Gasteiger partial charge in [-0.15, -0.1) is 0 Å². The molecule has 0 aliphatic carbocycles. The Morgan fingerprint density at radius 2 is 1.89 bits per heavy atom. The van der Waals surface area contributed by atoms with Crippen molar-refractivity contribution < 1.29 is 4.74 Å². The first-order chi connectivity index (χ1) is 8.60. The standard InChI is InChI=1S/C14H11ClN2O/c1-9-6-11(17)3-5-13(9)18-14-4-2-10(8-16)7-12(14)15/h2-7H,17H2,1H3. The molecule has 0 unspecified atom stereocenters. The number of rotatable bonds is 2. The fraction of sp³-hybridized carbons (Fsp3) is 0.0714. The number of nitrogens with two attached hydrogens (primary N) is 1. The van der Waals surface area contributed by atoms with Crippen LogP contribution in [-0.2, 0) is 0 Å². The Morgan fingerprint density at radius 1 is 1.17 bits per heavy atom. The molecule has 2 aromatic rings. The average Bonchev–Trinajstić information content (AvgIpc) is 2.34. The first-order valence-electron chi connectivity index (χ1n) is 5.34. The molecule has 0 atom stereocenters. The Bertz CT molecular complexity index is 632. The summed E-state index contributed by atoms with van der Waals surface area (Å²) < 4.78 is 5.70. The lowest BCUT2D eigenvalue weighted by Gasteiger charge is -2.10. The first kappa shape index (κ1) is 12.3. The van der Waals surface area contributed by atoms with Crippen LogP contribution in [0.25, 0.3) is 0 Å².